The summed E-state index contributed by atoms with van der Waals surface area (Å²) in [7, 11) is 0. The molecule has 0 amide bonds. The van der Waals surface area contributed by atoms with Gasteiger partial charge in [0.15, 0.2) is 0 Å². The van der Waals surface area contributed by atoms with Crippen molar-refractivity contribution in [3.8, 4) is 0 Å². The minimum Gasteiger partial charge on any atom is -0.325 e. The van der Waals surface area contributed by atoms with Crippen LogP contribution in [-0.4, -0.2) is 20.2 Å². The zero-order chi connectivity index (χ0) is 12.3. The lowest BCUT2D eigenvalue weighted by Crippen LogP contribution is -2.16. The highest BCUT2D eigenvalue weighted by molar-refractivity contribution is 5.50. The Hall–Kier alpha value is -2.05. The molecule has 2 aromatic rings. The maximum absolute atomic E-state index is 13.4. The Bertz CT molecular complexity index is 483. The van der Waals surface area contributed by atoms with E-state index >= 15 is 0 Å². The molecule has 90 valence electrons. The summed E-state index contributed by atoms with van der Waals surface area (Å²) in [4.78, 5) is 7.35. The Morgan fingerprint density at radius 2 is 2.18 bits per heavy atom. The van der Waals surface area contributed by atoms with Crippen LogP contribution < -0.4 is 5.32 Å². The predicted octanol–water partition coefficient (Wildman–Crippen LogP) is 2.45. The molecule has 17 heavy (non-hydrogen) atoms. The number of halogens is 2. The molecule has 0 unspecified atom stereocenters. The molecule has 0 radical (unpaired) electrons. The standard InChI is InChI=1S/C10H11F2N5/c1-2-10(11,12)9-13-5-3-7(16-9)15-8-4-6-14-17-8/h3-6H,2H2,1H3,(H2,13,14,15,16,17). The molecule has 0 bridgehead atoms. The minimum atomic E-state index is -3.01. The van der Waals surface area contributed by atoms with Crippen LogP contribution in [0.4, 0.5) is 20.4 Å². The highest BCUT2D eigenvalue weighted by atomic mass is 19.3. The third-order valence-electron chi connectivity index (χ3n) is 2.19. The van der Waals surface area contributed by atoms with E-state index in [9.17, 15) is 8.78 Å². The molecule has 2 rings (SSSR count). The van der Waals surface area contributed by atoms with Gasteiger partial charge >= 0.3 is 5.92 Å². The largest absolute Gasteiger partial charge is 0.325 e. The van der Waals surface area contributed by atoms with Gasteiger partial charge in [-0.15, -0.1) is 0 Å². The van der Waals surface area contributed by atoms with Crippen LogP contribution in [0.1, 0.15) is 19.2 Å². The number of H-pyrrole nitrogens is 1. The van der Waals surface area contributed by atoms with E-state index in [0.29, 0.717) is 11.6 Å². The molecule has 0 spiro atoms. The lowest BCUT2D eigenvalue weighted by atomic mass is 10.2. The number of aromatic amines is 1. The second-order valence-corrected chi connectivity index (χ2v) is 3.42. The molecule has 0 saturated carbocycles. The maximum Gasteiger partial charge on any atom is 0.306 e. The molecule has 7 heteroatoms. The van der Waals surface area contributed by atoms with Crippen molar-refractivity contribution >= 4 is 11.6 Å². The van der Waals surface area contributed by atoms with Crippen LogP contribution in [0.25, 0.3) is 0 Å². The molecule has 0 fully saturated rings. The van der Waals surface area contributed by atoms with E-state index in [4.69, 9.17) is 0 Å². The Morgan fingerprint density at radius 1 is 1.35 bits per heavy atom. The number of nitrogens with zero attached hydrogens (tertiary/aromatic N) is 3. The molecule has 0 atom stereocenters. The summed E-state index contributed by atoms with van der Waals surface area (Å²) in [5, 5.41) is 9.19. The van der Waals surface area contributed by atoms with Gasteiger partial charge in [-0.25, -0.2) is 9.97 Å². The number of alkyl halides is 2. The summed E-state index contributed by atoms with van der Waals surface area (Å²) in [6, 6.07) is 3.18. The summed E-state index contributed by atoms with van der Waals surface area (Å²) in [6.45, 7) is 1.39. The molecule has 2 N–H and O–H groups in total. The van der Waals surface area contributed by atoms with Crippen molar-refractivity contribution in [2.45, 2.75) is 19.3 Å². The average Bonchev–Trinajstić information content (AvgIpc) is 2.82. The van der Waals surface area contributed by atoms with Crippen LogP contribution in [0.15, 0.2) is 24.5 Å². The number of anilines is 2. The number of nitrogens with one attached hydrogen (secondary N) is 2. The first kappa shape index (κ1) is 11.4. The zero-order valence-corrected chi connectivity index (χ0v) is 9.11. The van der Waals surface area contributed by atoms with Crippen LogP contribution in [0.5, 0.6) is 0 Å². The highest BCUT2D eigenvalue weighted by Crippen LogP contribution is 2.28. The van der Waals surface area contributed by atoms with Gasteiger partial charge in [-0.2, -0.15) is 13.9 Å². The number of hydrogen-bond acceptors (Lipinski definition) is 4. The fourth-order valence-electron chi connectivity index (χ4n) is 1.23. The van der Waals surface area contributed by atoms with E-state index in [1.165, 1.54) is 19.2 Å². The molecular formula is C10H11F2N5. The third-order valence-corrected chi connectivity index (χ3v) is 2.19. The van der Waals surface area contributed by atoms with Gasteiger partial charge in [0.25, 0.3) is 0 Å². The van der Waals surface area contributed by atoms with Gasteiger partial charge in [0.05, 0.1) is 6.20 Å². The van der Waals surface area contributed by atoms with Crippen LogP contribution in [-0.2, 0) is 5.92 Å². The lowest BCUT2D eigenvalue weighted by Gasteiger charge is -2.12. The Morgan fingerprint density at radius 3 is 2.82 bits per heavy atom. The quantitative estimate of drug-likeness (QED) is 0.860. The molecule has 0 aliphatic carbocycles. The molecular weight excluding hydrogens is 228 g/mol. The van der Waals surface area contributed by atoms with Gasteiger partial charge in [-0.3, -0.25) is 5.10 Å². The van der Waals surface area contributed by atoms with Crippen molar-refractivity contribution in [2.75, 3.05) is 5.32 Å². The molecule has 0 saturated heterocycles. The molecule has 5 nitrogen and oxygen atoms in total. The van der Waals surface area contributed by atoms with E-state index < -0.39 is 11.7 Å². The summed E-state index contributed by atoms with van der Waals surface area (Å²) < 4.78 is 26.7. The first-order valence-electron chi connectivity index (χ1n) is 5.09. The van der Waals surface area contributed by atoms with Crippen LogP contribution in [0, 0.1) is 0 Å². The minimum absolute atomic E-state index is 0.298. The number of rotatable bonds is 4. The van der Waals surface area contributed by atoms with Crippen LogP contribution in [0.3, 0.4) is 0 Å². The van der Waals surface area contributed by atoms with Gasteiger partial charge < -0.3 is 5.32 Å². The second-order valence-electron chi connectivity index (χ2n) is 3.42. The van der Waals surface area contributed by atoms with E-state index in [0.717, 1.165) is 0 Å². The first-order valence-corrected chi connectivity index (χ1v) is 5.09. The zero-order valence-electron chi connectivity index (χ0n) is 9.11. The topological polar surface area (TPSA) is 66.5 Å². The summed E-state index contributed by atoms with van der Waals surface area (Å²) in [5.41, 5.74) is 0. The van der Waals surface area contributed by atoms with Crippen molar-refractivity contribution in [2.24, 2.45) is 0 Å². The fraction of sp³-hybridized carbons (Fsp3) is 0.300. The van der Waals surface area contributed by atoms with Crippen molar-refractivity contribution in [3.05, 3.63) is 30.4 Å². The molecule has 2 aromatic heterocycles. The van der Waals surface area contributed by atoms with Gasteiger partial charge in [0.1, 0.15) is 11.6 Å². The van der Waals surface area contributed by atoms with Crippen LogP contribution >= 0.6 is 0 Å². The Balaban J connectivity index is 2.23. The average molecular weight is 239 g/mol. The fourth-order valence-corrected chi connectivity index (χ4v) is 1.23. The van der Waals surface area contributed by atoms with E-state index in [-0.39, 0.29) is 6.42 Å². The van der Waals surface area contributed by atoms with Crippen molar-refractivity contribution in [3.63, 3.8) is 0 Å². The number of aromatic nitrogens is 4. The first-order chi connectivity index (χ1) is 8.12. The second kappa shape index (κ2) is 4.44. The van der Waals surface area contributed by atoms with Crippen molar-refractivity contribution in [1.82, 2.24) is 20.2 Å². The summed E-state index contributed by atoms with van der Waals surface area (Å²) in [5.74, 6) is -2.61. The Kier molecular flexibility index (Phi) is 2.99. The highest BCUT2D eigenvalue weighted by Gasteiger charge is 2.32. The predicted molar refractivity (Wildman–Crippen MR) is 58.1 cm³/mol. The monoisotopic (exact) mass is 239 g/mol. The summed E-state index contributed by atoms with van der Waals surface area (Å²) >= 11 is 0. The van der Waals surface area contributed by atoms with Gasteiger partial charge in [0, 0.05) is 18.7 Å². The van der Waals surface area contributed by atoms with Gasteiger partial charge in [-0.1, -0.05) is 6.92 Å². The van der Waals surface area contributed by atoms with E-state index in [2.05, 4.69) is 25.5 Å². The summed E-state index contributed by atoms with van der Waals surface area (Å²) in [6.07, 6.45) is 2.51. The van der Waals surface area contributed by atoms with Crippen LogP contribution in [0.2, 0.25) is 0 Å². The van der Waals surface area contributed by atoms with Gasteiger partial charge in [-0.05, 0) is 6.07 Å². The maximum atomic E-state index is 13.4. The van der Waals surface area contributed by atoms with Crippen molar-refractivity contribution < 1.29 is 8.78 Å². The van der Waals surface area contributed by atoms with E-state index in [1.807, 2.05) is 0 Å². The van der Waals surface area contributed by atoms with E-state index in [1.54, 1.807) is 12.3 Å². The molecule has 2 heterocycles. The number of hydrogen-bond donors (Lipinski definition) is 2. The lowest BCUT2D eigenvalue weighted by molar-refractivity contribution is -0.0174. The normalized spacial score (nSPS) is 11.5. The van der Waals surface area contributed by atoms with Crippen molar-refractivity contribution in [1.29, 1.82) is 0 Å². The molecule has 0 aliphatic rings. The van der Waals surface area contributed by atoms with Gasteiger partial charge in [0.2, 0.25) is 5.82 Å². The molecule has 0 aliphatic heterocycles. The molecule has 0 aromatic carbocycles. The third kappa shape index (κ3) is 2.55. The smallest absolute Gasteiger partial charge is 0.306 e. The SMILES string of the molecule is CCC(F)(F)c1nccc(Nc2ccn[nH]2)n1. The Labute approximate surface area is 96.3 Å².